The van der Waals surface area contributed by atoms with Crippen LogP contribution in [0.5, 0.6) is 5.75 Å². The van der Waals surface area contributed by atoms with E-state index in [9.17, 15) is 9.90 Å². The summed E-state index contributed by atoms with van der Waals surface area (Å²) in [6.07, 6.45) is -1.02. The van der Waals surface area contributed by atoms with Gasteiger partial charge in [0.05, 0.1) is 31.2 Å². The SMILES string of the molecule is COC(=O)C[C@H](O)c1cccc(Br)c1OC. The average Bonchev–Trinajstić information content (AvgIpc) is 2.28. The summed E-state index contributed by atoms with van der Waals surface area (Å²) in [6.45, 7) is 0. The Morgan fingerprint density at radius 3 is 2.75 bits per heavy atom. The van der Waals surface area contributed by atoms with Gasteiger partial charge >= 0.3 is 5.97 Å². The highest BCUT2D eigenvalue weighted by Gasteiger charge is 2.18. The van der Waals surface area contributed by atoms with Gasteiger partial charge in [-0.05, 0) is 22.0 Å². The van der Waals surface area contributed by atoms with Gasteiger partial charge in [-0.2, -0.15) is 0 Å². The fraction of sp³-hybridized carbons (Fsp3) is 0.364. The molecule has 0 spiro atoms. The quantitative estimate of drug-likeness (QED) is 0.862. The van der Waals surface area contributed by atoms with E-state index in [1.54, 1.807) is 18.2 Å². The normalized spacial score (nSPS) is 12.0. The van der Waals surface area contributed by atoms with E-state index in [4.69, 9.17) is 4.74 Å². The summed E-state index contributed by atoms with van der Waals surface area (Å²) in [5, 5.41) is 9.86. The van der Waals surface area contributed by atoms with Crippen molar-refractivity contribution in [3.05, 3.63) is 28.2 Å². The minimum Gasteiger partial charge on any atom is -0.495 e. The standard InChI is InChI=1S/C11H13BrO4/c1-15-10(14)6-9(13)7-4-3-5-8(12)11(7)16-2/h3-5,9,13H,6H2,1-2H3/t9-/m0/s1. The molecule has 0 saturated carbocycles. The topological polar surface area (TPSA) is 55.8 Å². The van der Waals surface area contributed by atoms with E-state index in [2.05, 4.69) is 20.7 Å². The summed E-state index contributed by atoms with van der Waals surface area (Å²) in [5.74, 6) is 0.0634. The van der Waals surface area contributed by atoms with Gasteiger partial charge in [0.25, 0.3) is 0 Å². The van der Waals surface area contributed by atoms with Gasteiger partial charge in [-0.3, -0.25) is 4.79 Å². The summed E-state index contributed by atoms with van der Waals surface area (Å²) >= 11 is 3.31. The maximum atomic E-state index is 11.0. The fourth-order valence-electron chi connectivity index (χ4n) is 1.35. The van der Waals surface area contributed by atoms with Crippen LogP contribution >= 0.6 is 15.9 Å². The number of carbonyl (C=O) groups is 1. The summed E-state index contributed by atoms with van der Waals surface area (Å²) in [6, 6.07) is 5.27. The Kier molecular flexibility index (Phi) is 4.76. The molecule has 0 aliphatic heterocycles. The second-order valence-electron chi connectivity index (χ2n) is 3.16. The second-order valence-corrected chi connectivity index (χ2v) is 4.01. The number of carbonyl (C=O) groups excluding carboxylic acids is 1. The van der Waals surface area contributed by atoms with Crippen molar-refractivity contribution in [2.45, 2.75) is 12.5 Å². The number of para-hydroxylation sites is 1. The smallest absolute Gasteiger partial charge is 0.308 e. The van der Waals surface area contributed by atoms with E-state index in [1.807, 2.05) is 0 Å². The van der Waals surface area contributed by atoms with Gasteiger partial charge in [-0.15, -0.1) is 0 Å². The minimum atomic E-state index is -0.931. The number of aliphatic hydroxyl groups is 1. The Bertz CT molecular complexity index is 378. The first-order valence-corrected chi connectivity index (χ1v) is 5.46. The zero-order valence-corrected chi connectivity index (χ0v) is 10.7. The van der Waals surface area contributed by atoms with Crippen LogP contribution in [0.15, 0.2) is 22.7 Å². The zero-order valence-electron chi connectivity index (χ0n) is 9.07. The molecule has 0 amide bonds. The van der Waals surface area contributed by atoms with Crippen LogP contribution in [0.1, 0.15) is 18.1 Å². The largest absolute Gasteiger partial charge is 0.495 e. The molecule has 1 rings (SSSR count). The molecule has 0 saturated heterocycles. The number of aliphatic hydroxyl groups excluding tert-OH is 1. The van der Waals surface area contributed by atoms with E-state index in [0.29, 0.717) is 11.3 Å². The van der Waals surface area contributed by atoms with Crippen LogP contribution < -0.4 is 4.74 Å². The van der Waals surface area contributed by atoms with E-state index >= 15 is 0 Å². The number of ether oxygens (including phenoxy) is 2. The van der Waals surface area contributed by atoms with Crippen molar-refractivity contribution in [1.82, 2.24) is 0 Å². The van der Waals surface area contributed by atoms with Crippen LogP contribution in [0.2, 0.25) is 0 Å². The maximum absolute atomic E-state index is 11.0. The van der Waals surface area contributed by atoms with E-state index in [0.717, 1.165) is 4.47 Å². The number of halogens is 1. The third-order valence-corrected chi connectivity index (χ3v) is 2.77. The van der Waals surface area contributed by atoms with E-state index in [-0.39, 0.29) is 6.42 Å². The summed E-state index contributed by atoms with van der Waals surface area (Å²) < 4.78 is 10.4. The van der Waals surface area contributed by atoms with Gasteiger partial charge in [-0.1, -0.05) is 12.1 Å². The summed E-state index contributed by atoms with van der Waals surface area (Å²) in [5.41, 5.74) is 0.558. The molecule has 1 N–H and O–H groups in total. The molecule has 0 radical (unpaired) electrons. The fourth-order valence-corrected chi connectivity index (χ4v) is 1.90. The number of hydrogen-bond acceptors (Lipinski definition) is 4. The molecule has 0 heterocycles. The lowest BCUT2D eigenvalue weighted by molar-refractivity contribution is -0.142. The predicted molar refractivity (Wildman–Crippen MR) is 62.3 cm³/mol. The first-order valence-electron chi connectivity index (χ1n) is 4.67. The van der Waals surface area contributed by atoms with Crippen LogP contribution in [0.25, 0.3) is 0 Å². The Balaban J connectivity index is 2.94. The average molecular weight is 289 g/mol. The number of benzene rings is 1. The van der Waals surface area contributed by atoms with Crippen molar-refractivity contribution in [2.24, 2.45) is 0 Å². The van der Waals surface area contributed by atoms with Gasteiger partial charge < -0.3 is 14.6 Å². The lowest BCUT2D eigenvalue weighted by Gasteiger charge is -2.14. The molecule has 1 aromatic rings. The third kappa shape index (κ3) is 2.96. The molecule has 4 nitrogen and oxygen atoms in total. The van der Waals surface area contributed by atoms with Crippen molar-refractivity contribution in [3.63, 3.8) is 0 Å². The zero-order chi connectivity index (χ0) is 12.1. The first-order chi connectivity index (χ1) is 7.60. The van der Waals surface area contributed by atoms with Crippen LogP contribution in [0.3, 0.4) is 0 Å². The molecule has 16 heavy (non-hydrogen) atoms. The van der Waals surface area contributed by atoms with E-state index < -0.39 is 12.1 Å². The highest BCUT2D eigenvalue weighted by atomic mass is 79.9. The van der Waals surface area contributed by atoms with Crippen molar-refractivity contribution in [3.8, 4) is 5.75 Å². The van der Waals surface area contributed by atoms with Gasteiger partial charge in [0, 0.05) is 5.56 Å². The molecule has 1 atom stereocenters. The number of esters is 1. The van der Waals surface area contributed by atoms with Crippen LogP contribution in [0, 0.1) is 0 Å². The van der Waals surface area contributed by atoms with Gasteiger partial charge in [-0.25, -0.2) is 0 Å². The van der Waals surface area contributed by atoms with Crippen molar-refractivity contribution in [2.75, 3.05) is 14.2 Å². The van der Waals surface area contributed by atoms with Crippen molar-refractivity contribution < 1.29 is 19.4 Å². The first kappa shape index (κ1) is 13.0. The highest BCUT2D eigenvalue weighted by Crippen LogP contribution is 2.33. The number of hydrogen-bond donors (Lipinski definition) is 1. The molecule has 0 bridgehead atoms. The molecule has 0 fully saturated rings. The monoisotopic (exact) mass is 288 g/mol. The molecular weight excluding hydrogens is 276 g/mol. The van der Waals surface area contributed by atoms with E-state index in [1.165, 1.54) is 14.2 Å². The molecule has 5 heteroatoms. The molecule has 0 unspecified atom stereocenters. The molecule has 88 valence electrons. The number of rotatable bonds is 4. The third-order valence-electron chi connectivity index (χ3n) is 2.15. The summed E-state index contributed by atoms with van der Waals surface area (Å²) in [4.78, 5) is 11.0. The van der Waals surface area contributed by atoms with Crippen LogP contribution in [-0.4, -0.2) is 25.3 Å². The highest BCUT2D eigenvalue weighted by molar-refractivity contribution is 9.10. The Labute approximate surface area is 102 Å². The van der Waals surface area contributed by atoms with Crippen LogP contribution in [-0.2, 0) is 9.53 Å². The Morgan fingerprint density at radius 1 is 1.50 bits per heavy atom. The molecule has 1 aromatic carbocycles. The number of methoxy groups -OCH3 is 2. The molecule has 0 aromatic heterocycles. The Hall–Kier alpha value is -1.07. The van der Waals surface area contributed by atoms with Crippen molar-refractivity contribution >= 4 is 21.9 Å². The lowest BCUT2D eigenvalue weighted by atomic mass is 10.1. The lowest BCUT2D eigenvalue weighted by Crippen LogP contribution is -2.09. The van der Waals surface area contributed by atoms with Crippen LogP contribution in [0.4, 0.5) is 0 Å². The Morgan fingerprint density at radius 2 is 2.19 bits per heavy atom. The predicted octanol–water partition coefficient (Wildman–Crippen LogP) is 2.05. The van der Waals surface area contributed by atoms with Crippen molar-refractivity contribution in [1.29, 1.82) is 0 Å². The molecular formula is C11H13BrO4. The maximum Gasteiger partial charge on any atom is 0.308 e. The second kappa shape index (κ2) is 5.86. The van der Waals surface area contributed by atoms with Gasteiger partial charge in [0.15, 0.2) is 0 Å². The van der Waals surface area contributed by atoms with Gasteiger partial charge in [0.2, 0.25) is 0 Å². The summed E-state index contributed by atoms with van der Waals surface area (Å²) in [7, 11) is 2.79. The molecule has 0 aliphatic rings. The minimum absolute atomic E-state index is 0.0939. The molecule has 0 aliphatic carbocycles. The van der Waals surface area contributed by atoms with Gasteiger partial charge in [0.1, 0.15) is 5.75 Å².